The van der Waals surface area contributed by atoms with E-state index >= 15 is 4.39 Å². The van der Waals surface area contributed by atoms with Crippen LogP contribution in [0.4, 0.5) is 15.8 Å². The number of carbonyl (C=O) groups excluding carboxylic acids is 1. The number of hydrogen-bond donors (Lipinski definition) is 3. The minimum Gasteiger partial charge on any atom is -0.493 e. The number of nitrogens with zero attached hydrogens (tertiary/aromatic N) is 6. The number of fused-ring (bicyclic) bond motifs is 5. The number of unbranched alkanes of at least 4 members (excludes halogenated alkanes) is 5. The van der Waals surface area contributed by atoms with Crippen LogP contribution in [0, 0.1) is 5.82 Å². The normalized spacial score (nSPS) is 15.5. The Labute approximate surface area is 450 Å². The van der Waals surface area contributed by atoms with E-state index in [9.17, 15) is 22.9 Å². The van der Waals surface area contributed by atoms with E-state index in [1.165, 1.54) is 17.0 Å². The summed E-state index contributed by atoms with van der Waals surface area (Å²) in [6, 6.07) is 32.8. The van der Waals surface area contributed by atoms with Crippen LogP contribution in [0.5, 0.6) is 23.1 Å². The molecule has 5 aromatic carbocycles. The van der Waals surface area contributed by atoms with Gasteiger partial charge < -0.3 is 24.8 Å². The predicted octanol–water partition coefficient (Wildman–Crippen LogP) is 10.2. The first-order valence-corrected chi connectivity index (χ1v) is 28.9. The van der Waals surface area contributed by atoms with E-state index in [1.807, 2.05) is 78.9 Å². The molecule has 3 aliphatic rings. The Morgan fingerprint density at radius 3 is 2.40 bits per heavy atom. The Morgan fingerprint density at radius 1 is 0.883 bits per heavy atom. The number of hydrogen-bond acceptors (Lipinski definition) is 10. The van der Waals surface area contributed by atoms with Crippen molar-refractivity contribution < 1.29 is 36.7 Å². The molecular formula is C61H69FN7O7S+. The summed E-state index contributed by atoms with van der Waals surface area (Å²) >= 11 is 0. The van der Waals surface area contributed by atoms with Crippen molar-refractivity contribution in [1.29, 1.82) is 0 Å². The highest BCUT2D eigenvalue weighted by Crippen LogP contribution is 2.49. The number of anilines is 1. The zero-order valence-corrected chi connectivity index (χ0v) is 45.1. The molecule has 2 aromatic heterocycles. The van der Waals surface area contributed by atoms with Crippen LogP contribution < -0.4 is 35.0 Å². The van der Waals surface area contributed by atoms with Gasteiger partial charge in [-0.25, -0.2) is 23.9 Å². The fourth-order valence-corrected chi connectivity index (χ4v) is 12.2. The Morgan fingerprint density at radius 2 is 1.64 bits per heavy atom. The maximum atomic E-state index is 15.4. The van der Waals surface area contributed by atoms with Gasteiger partial charge in [-0.2, -0.15) is 8.42 Å². The molecule has 3 N–H and O–H groups in total. The van der Waals surface area contributed by atoms with Crippen molar-refractivity contribution in [2.24, 2.45) is 4.99 Å². The first kappa shape index (κ1) is 53.2. The second kappa shape index (κ2) is 23.2. The van der Waals surface area contributed by atoms with Gasteiger partial charge in [0.2, 0.25) is 17.1 Å². The molecule has 0 saturated carbocycles. The fourth-order valence-electron chi connectivity index (χ4n) is 11.4. The molecular weight excluding hydrogens is 994 g/mol. The van der Waals surface area contributed by atoms with Gasteiger partial charge in [-0.15, -0.1) is 0 Å². The number of aromatic hydroxyl groups is 1. The summed E-state index contributed by atoms with van der Waals surface area (Å²) in [4.78, 5) is 30.1. The van der Waals surface area contributed by atoms with Crippen LogP contribution in [0.3, 0.4) is 0 Å². The lowest BCUT2D eigenvalue weighted by molar-refractivity contribution is -0.121. The summed E-state index contributed by atoms with van der Waals surface area (Å²) in [5, 5.41) is 16.4. The molecule has 0 spiro atoms. The predicted molar refractivity (Wildman–Crippen MR) is 298 cm³/mol. The van der Waals surface area contributed by atoms with E-state index in [4.69, 9.17) is 24.4 Å². The van der Waals surface area contributed by atoms with Crippen molar-refractivity contribution in [2.75, 3.05) is 43.4 Å². The quantitative estimate of drug-likeness (QED) is 0.0337. The van der Waals surface area contributed by atoms with E-state index in [0.717, 1.165) is 97.9 Å². The Hall–Kier alpha value is -7.17. The van der Waals surface area contributed by atoms with Crippen LogP contribution in [0.2, 0.25) is 0 Å². The number of halogens is 1. The lowest BCUT2D eigenvalue weighted by atomic mass is 9.79. The number of aromatic nitrogens is 3. The highest BCUT2D eigenvalue weighted by atomic mass is 32.2. The SMILES string of the molecule is CC[N+]1=c2cc3c(cc2CCC1)=Nc1cc2c(cc1O3)N(CCCC(=O)NCCCCCCCCOc1ccc(Cc3nc4c(Cc5ccccc5)nc(-c5ccccc5)cn4c3O)cc1F)C(C)(C)CC2CS(=O)(=O)O. The molecule has 1 atom stereocenters. The smallest absolute Gasteiger partial charge is 0.265 e. The average Bonchev–Trinajstić information content (AvgIpc) is 3.85. The van der Waals surface area contributed by atoms with Gasteiger partial charge in [0.15, 0.2) is 28.7 Å². The fraction of sp³-hybridized carbons (Fsp3) is 0.393. The molecule has 402 valence electrons. The number of nitrogens with one attached hydrogen (secondary N) is 1. The standard InChI is InChI=1S/C61H68FN7O7S/c1-4-67-28-17-23-44-34-48-56(36-53(44)67)76-57-37-54-46(35-49(57)64-48)45(40-77(72,73)74)38-61(2,3)69(54)29-18-24-58(70)63-27-15-7-5-6-8-16-30-75-55-26-25-42(31-47(55)62)33-51-60(71)68-39-52(43-21-13-10-14-22-43)65-50(59(68)66-51)32-41-19-11-9-12-20-41/h9-14,19-22,25-26,31,34-37,39,45H,4-8,15-18,23-24,27-30,32-33,38,40H2,1-3H3,(H2-,63,65,70,71,72,73,74)/p+1. The maximum Gasteiger partial charge on any atom is 0.265 e. The lowest BCUT2D eigenvalue weighted by Gasteiger charge is -2.48. The number of aryl methyl sites for hydroxylation is 1. The van der Waals surface area contributed by atoms with E-state index in [-0.39, 0.29) is 24.0 Å². The Kier molecular flexibility index (Phi) is 16.0. The van der Waals surface area contributed by atoms with Gasteiger partial charge in [0.05, 0.1) is 29.8 Å². The van der Waals surface area contributed by atoms with Gasteiger partial charge in [0.1, 0.15) is 29.8 Å². The molecule has 10 rings (SSSR count). The molecule has 0 bridgehead atoms. The van der Waals surface area contributed by atoms with Crippen LogP contribution in [0.15, 0.2) is 114 Å². The molecule has 1 unspecified atom stereocenters. The zero-order valence-electron chi connectivity index (χ0n) is 44.3. The van der Waals surface area contributed by atoms with Crippen molar-refractivity contribution in [2.45, 2.75) is 116 Å². The first-order chi connectivity index (χ1) is 37.2. The van der Waals surface area contributed by atoms with E-state index in [0.29, 0.717) is 85.2 Å². The molecule has 0 radical (unpaired) electrons. The van der Waals surface area contributed by atoms with Crippen LogP contribution in [-0.4, -0.2) is 82.4 Å². The van der Waals surface area contributed by atoms with E-state index in [2.05, 4.69) is 47.7 Å². The highest BCUT2D eigenvalue weighted by molar-refractivity contribution is 7.85. The van der Waals surface area contributed by atoms with Crippen LogP contribution in [0.1, 0.15) is 125 Å². The lowest BCUT2D eigenvalue weighted by Crippen LogP contribution is -2.50. The molecule has 77 heavy (non-hydrogen) atoms. The van der Waals surface area contributed by atoms with Crippen molar-refractivity contribution in [3.63, 3.8) is 0 Å². The molecule has 0 fully saturated rings. The van der Waals surface area contributed by atoms with Crippen LogP contribution in [-0.2, 0) is 34.2 Å². The number of carbonyl (C=O) groups is 1. The summed E-state index contributed by atoms with van der Waals surface area (Å²) in [5.74, 6) is 0.164. The summed E-state index contributed by atoms with van der Waals surface area (Å²) in [6.07, 6.45) is 11.6. The first-order valence-electron chi connectivity index (χ1n) is 27.3. The maximum absolute atomic E-state index is 15.4. The van der Waals surface area contributed by atoms with Crippen LogP contribution in [0.25, 0.3) is 16.9 Å². The van der Waals surface area contributed by atoms with Gasteiger partial charge >= 0.3 is 0 Å². The van der Waals surface area contributed by atoms with E-state index in [1.54, 1.807) is 16.7 Å². The second-order valence-electron chi connectivity index (χ2n) is 21.4. The summed E-state index contributed by atoms with van der Waals surface area (Å²) in [7, 11) is -4.27. The number of ether oxygens (including phenoxy) is 2. The van der Waals surface area contributed by atoms with Crippen molar-refractivity contribution in [3.05, 3.63) is 159 Å². The minimum absolute atomic E-state index is 0.00412. The molecule has 7 aromatic rings. The van der Waals surface area contributed by atoms with Gasteiger partial charge in [0.25, 0.3) is 10.1 Å². The Bertz CT molecular complexity index is 3540. The third-order valence-corrected chi connectivity index (χ3v) is 16.1. The molecule has 0 aliphatic carbocycles. The average molecular weight is 1060 g/mol. The summed E-state index contributed by atoms with van der Waals surface area (Å²) in [6.45, 7) is 9.77. The highest BCUT2D eigenvalue weighted by Gasteiger charge is 2.40. The summed E-state index contributed by atoms with van der Waals surface area (Å²) in [5.41, 5.74) is 8.12. The topological polar surface area (TPSA) is 171 Å². The largest absolute Gasteiger partial charge is 0.493 e. The van der Waals surface area contributed by atoms with E-state index < -0.39 is 33.1 Å². The van der Waals surface area contributed by atoms with Crippen molar-refractivity contribution in [1.82, 2.24) is 24.3 Å². The Balaban J connectivity index is 0.661. The number of amides is 1. The number of imidazole rings is 1. The van der Waals surface area contributed by atoms with Gasteiger partial charge in [0, 0.05) is 79.3 Å². The molecule has 16 heteroatoms. The number of rotatable bonds is 22. The minimum atomic E-state index is -4.27. The van der Waals surface area contributed by atoms with Gasteiger partial charge in [-0.1, -0.05) is 92.4 Å². The molecule has 1 amide bonds. The van der Waals surface area contributed by atoms with Crippen molar-refractivity contribution >= 4 is 33.0 Å². The number of benzene rings is 5. The monoisotopic (exact) mass is 1060 g/mol. The van der Waals surface area contributed by atoms with Gasteiger partial charge in [-0.05, 0) is 93.8 Å². The van der Waals surface area contributed by atoms with Crippen molar-refractivity contribution in [3.8, 4) is 34.4 Å². The molecule has 3 aliphatic heterocycles. The molecule has 14 nitrogen and oxygen atoms in total. The van der Waals surface area contributed by atoms with Gasteiger partial charge in [-0.3, -0.25) is 13.7 Å². The zero-order chi connectivity index (χ0) is 53.7. The third kappa shape index (κ3) is 12.5. The molecule has 0 saturated heterocycles. The summed E-state index contributed by atoms with van der Waals surface area (Å²) < 4.78 is 66.4. The van der Waals surface area contributed by atoms with Crippen LogP contribution >= 0.6 is 0 Å². The third-order valence-electron chi connectivity index (χ3n) is 15.3. The second-order valence-corrected chi connectivity index (χ2v) is 22.9. The molecule has 5 heterocycles.